The lowest BCUT2D eigenvalue weighted by Gasteiger charge is -2.02. The van der Waals surface area contributed by atoms with Crippen molar-refractivity contribution in [3.05, 3.63) is 64.7 Å². The summed E-state index contributed by atoms with van der Waals surface area (Å²) in [5, 5.41) is 9.31. The second kappa shape index (κ2) is 7.11. The number of carbonyl (C=O) groups is 2. The molecule has 2 aromatic carbocycles. The first-order valence-corrected chi connectivity index (χ1v) is 5.84. The van der Waals surface area contributed by atoms with Gasteiger partial charge in [-0.2, -0.15) is 0 Å². The monoisotopic (exact) mass is 256 g/mol. The average molecular weight is 256 g/mol. The minimum Gasteiger partial charge on any atom is -0.507 e. The van der Waals surface area contributed by atoms with E-state index in [0.29, 0.717) is 5.56 Å². The van der Waals surface area contributed by atoms with Gasteiger partial charge >= 0.3 is 0 Å². The Hall–Kier alpha value is -2.42. The minimum absolute atomic E-state index is 0.274. The maximum absolute atomic E-state index is 10.3. The zero-order valence-electron chi connectivity index (χ0n) is 11.0. The molecular formula is C16H16O3. The van der Waals surface area contributed by atoms with Gasteiger partial charge in [-0.25, -0.2) is 0 Å². The molecule has 0 aliphatic rings. The van der Waals surface area contributed by atoms with Crippen LogP contribution in [0.4, 0.5) is 0 Å². The molecule has 19 heavy (non-hydrogen) atoms. The highest BCUT2D eigenvalue weighted by Crippen LogP contribution is 2.21. The van der Waals surface area contributed by atoms with E-state index in [0.717, 1.165) is 29.3 Å². The van der Waals surface area contributed by atoms with Gasteiger partial charge in [0, 0.05) is 11.1 Å². The first-order chi connectivity index (χ1) is 9.08. The SMILES string of the molecule is Cc1cc(C=O)cc(C)c1O.O=Cc1ccccc1. The molecule has 0 unspecified atom stereocenters. The predicted molar refractivity (Wildman–Crippen MR) is 74.8 cm³/mol. The first kappa shape index (κ1) is 14.6. The van der Waals surface area contributed by atoms with Crippen LogP contribution in [0.25, 0.3) is 0 Å². The average Bonchev–Trinajstić information content (AvgIpc) is 2.45. The summed E-state index contributed by atoms with van der Waals surface area (Å²) in [6.07, 6.45) is 1.61. The van der Waals surface area contributed by atoms with Crippen LogP contribution in [0.3, 0.4) is 0 Å². The summed E-state index contributed by atoms with van der Waals surface area (Å²) < 4.78 is 0. The predicted octanol–water partition coefficient (Wildman–Crippen LogP) is 3.32. The zero-order valence-corrected chi connectivity index (χ0v) is 11.0. The van der Waals surface area contributed by atoms with Crippen LogP contribution < -0.4 is 0 Å². The maximum Gasteiger partial charge on any atom is 0.150 e. The van der Waals surface area contributed by atoms with Gasteiger partial charge in [0.2, 0.25) is 0 Å². The van der Waals surface area contributed by atoms with Gasteiger partial charge in [-0.15, -0.1) is 0 Å². The van der Waals surface area contributed by atoms with Crippen LogP contribution in [0.15, 0.2) is 42.5 Å². The Morgan fingerprint density at radius 3 is 1.68 bits per heavy atom. The van der Waals surface area contributed by atoms with Gasteiger partial charge in [-0.05, 0) is 37.1 Å². The normalized spacial score (nSPS) is 9.16. The fourth-order valence-corrected chi connectivity index (χ4v) is 1.59. The Morgan fingerprint density at radius 2 is 1.32 bits per heavy atom. The lowest BCUT2D eigenvalue weighted by Crippen LogP contribution is -1.85. The van der Waals surface area contributed by atoms with E-state index < -0.39 is 0 Å². The molecule has 98 valence electrons. The molecule has 0 heterocycles. The third-order valence-electron chi connectivity index (χ3n) is 2.59. The second-order valence-corrected chi connectivity index (χ2v) is 4.15. The standard InChI is InChI=1S/C9H10O2.C7H6O/c1-6-3-8(5-10)4-7(2)9(6)11;8-6-7-4-2-1-3-5-7/h3-5,11H,1-2H3;1-6H. The summed E-state index contributed by atoms with van der Waals surface area (Å²) in [7, 11) is 0. The Kier molecular flexibility index (Phi) is 5.48. The smallest absolute Gasteiger partial charge is 0.150 e. The van der Waals surface area contributed by atoms with Gasteiger partial charge in [0.25, 0.3) is 0 Å². The second-order valence-electron chi connectivity index (χ2n) is 4.15. The summed E-state index contributed by atoms with van der Waals surface area (Å²) in [5.74, 6) is 0.274. The zero-order chi connectivity index (χ0) is 14.3. The molecular weight excluding hydrogens is 240 g/mol. The van der Waals surface area contributed by atoms with E-state index in [-0.39, 0.29) is 5.75 Å². The van der Waals surface area contributed by atoms with Crippen molar-refractivity contribution in [2.45, 2.75) is 13.8 Å². The van der Waals surface area contributed by atoms with Crippen molar-refractivity contribution < 1.29 is 14.7 Å². The third kappa shape index (κ3) is 4.39. The fourth-order valence-electron chi connectivity index (χ4n) is 1.59. The van der Waals surface area contributed by atoms with E-state index in [4.69, 9.17) is 0 Å². The van der Waals surface area contributed by atoms with Gasteiger partial charge < -0.3 is 5.11 Å². The number of hydrogen-bond acceptors (Lipinski definition) is 3. The minimum atomic E-state index is 0.274. The van der Waals surface area contributed by atoms with Crippen molar-refractivity contribution in [3.63, 3.8) is 0 Å². The van der Waals surface area contributed by atoms with Crippen molar-refractivity contribution in [1.29, 1.82) is 0 Å². The number of benzene rings is 2. The number of aldehydes is 2. The van der Waals surface area contributed by atoms with E-state index in [1.165, 1.54) is 0 Å². The largest absolute Gasteiger partial charge is 0.507 e. The topological polar surface area (TPSA) is 54.4 Å². The number of carbonyl (C=O) groups excluding carboxylic acids is 2. The lowest BCUT2D eigenvalue weighted by molar-refractivity contribution is 0.111. The van der Waals surface area contributed by atoms with Crippen LogP contribution in [0.2, 0.25) is 0 Å². The van der Waals surface area contributed by atoms with Crippen LogP contribution in [0.5, 0.6) is 5.75 Å². The van der Waals surface area contributed by atoms with Crippen LogP contribution in [-0.4, -0.2) is 17.7 Å². The number of rotatable bonds is 2. The summed E-state index contributed by atoms with van der Waals surface area (Å²) in [6, 6.07) is 12.4. The molecule has 1 N–H and O–H groups in total. The summed E-state index contributed by atoms with van der Waals surface area (Å²) in [4.78, 5) is 20.3. The van der Waals surface area contributed by atoms with E-state index in [1.807, 2.05) is 18.2 Å². The van der Waals surface area contributed by atoms with Gasteiger partial charge in [0.15, 0.2) is 0 Å². The molecule has 0 bridgehead atoms. The van der Waals surface area contributed by atoms with Crippen molar-refractivity contribution in [2.75, 3.05) is 0 Å². The quantitative estimate of drug-likeness (QED) is 0.838. The van der Waals surface area contributed by atoms with E-state index in [2.05, 4.69) is 0 Å². The molecule has 0 atom stereocenters. The van der Waals surface area contributed by atoms with E-state index in [9.17, 15) is 14.7 Å². The first-order valence-electron chi connectivity index (χ1n) is 5.84. The Balaban J connectivity index is 0.000000200. The van der Waals surface area contributed by atoms with Gasteiger partial charge in [-0.3, -0.25) is 9.59 Å². The molecule has 0 aliphatic carbocycles. The summed E-state index contributed by atoms with van der Waals surface area (Å²) in [5.41, 5.74) is 2.82. The molecule has 0 saturated heterocycles. The number of phenols is 1. The maximum atomic E-state index is 10.3. The number of aryl methyl sites for hydroxylation is 2. The molecule has 2 aromatic rings. The van der Waals surface area contributed by atoms with Crippen molar-refractivity contribution in [2.24, 2.45) is 0 Å². The molecule has 3 heteroatoms. The van der Waals surface area contributed by atoms with Gasteiger partial charge in [-0.1, -0.05) is 30.3 Å². The third-order valence-corrected chi connectivity index (χ3v) is 2.59. The van der Waals surface area contributed by atoms with Crippen LogP contribution in [0.1, 0.15) is 31.8 Å². The molecule has 2 rings (SSSR count). The van der Waals surface area contributed by atoms with Crippen LogP contribution in [-0.2, 0) is 0 Å². The van der Waals surface area contributed by atoms with Crippen molar-refractivity contribution in [1.82, 2.24) is 0 Å². The summed E-state index contributed by atoms with van der Waals surface area (Å²) in [6.45, 7) is 3.55. The highest BCUT2D eigenvalue weighted by molar-refractivity contribution is 5.76. The molecule has 0 aliphatic heterocycles. The Labute approximate surface area is 112 Å². The number of phenolic OH excluding ortho intramolecular Hbond substituents is 1. The summed E-state index contributed by atoms with van der Waals surface area (Å²) >= 11 is 0. The molecule has 0 aromatic heterocycles. The fraction of sp³-hybridized carbons (Fsp3) is 0.125. The Bertz CT molecular complexity index is 536. The molecule has 0 spiro atoms. The molecule has 0 saturated carbocycles. The highest BCUT2D eigenvalue weighted by atomic mass is 16.3. The van der Waals surface area contributed by atoms with Gasteiger partial charge in [0.05, 0.1) is 0 Å². The molecule has 3 nitrogen and oxygen atoms in total. The van der Waals surface area contributed by atoms with Gasteiger partial charge in [0.1, 0.15) is 18.3 Å². The highest BCUT2D eigenvalue weighted by Gasteiger charge is 2.01. The molecule has 0 amide bonds. The number of hydrogen-bond donors (Lipinski definition) is 1. The van der Waals surface area contributed by atoms with Crippen LogP contribution >= 0.6 is 0 Å². The lowest BCUT2D eigenvalue weighted by atomic mass is 10.1. The number of aromatic hydroxyl groups is 1. The Morgan fingerprint density at radius 1 is 0.842 bits per heavy atom. The van der Waals surface area contributed by atoms with Crippen molar-refractivity contribution in [3.8, 4) is 5.75 Å². The molecule has 0 radical (unpaired) electrons. The van der Waals surface area contributed by atoms with Crippen molar-refractivity contribution >= 4 is 12.6 Å². The van der Waals surface area contributed by atoms with E-state index >= 15 is 0 Å². The van der Waals surface area contributed by atoms with E-state index in [1.54, 1.807) is 38.1 Å². The molecule has 0 fully saturated rings. The van der Waals surface area contributed by atoms with Crippen LogP contribution in [0, 0.1) is 13.8 Å².